The van der Waals surface area contributed by atoms with Crippen molar-refractivity contribution >= 4 is 17.7 Å². The molecule has 0 aromatic heterocycles. The maximum absolute atomic E-state index is 12.4. The van der Waals surface area contributed by atoms with E-state index in [1.165, 1.54) is 4.90 Å². The Labute approximate surface area is 149 Å². The molecule has 1 atom stereocenters. The van der Waals surface area contributed by atoms with Crippen molar-refractivity contribution in [2.24, 2.45) is 0 Å². The molecule has 0 saturated carbocycles. The smallest absolute Gasteiger partial charge is 0.252 e. The molecule has 0 aliphatic carbocycles. The summed E-state index contributed by atoms with van der Waals surface area (Å²) in [5, 5.41) is 2.31. The van der Waals surface area contributed by atoms with Crippen LogP contribution in [0.15, 0.2) is 18.2 Å². The zero-order valence-electron chi connectivity index (χ0n) is 12.1. The minimum Gasteiger partial charge on any atom is -0.358 e. The summed E-state index contributed by atoms with van der Waals surface area (Å²) in [5.74, 6) is -0.845. The van der Waals surface area contributed by atoms with Gasteiger partial charge < -0.3 is 12.3 Å². The second-order valence-electron chi connectivity index (χ2n) is 5.10. The van der Waals surface area contributed by atoms with Gasteiger partial charge in [-0.3, -0.25) is 19.7 Å². The summed E-state index contributed by atoms with van der Waals surface area (Å²) < 4.78 is 0. The van der Waals surface area contributed by atoms with Crippen LogP contribution < -0.4 is 5.32 Å². The number of nitrogens with zero attached hydrogens (tertiary/aromatic N) is 1. The third kappa shape index (κ3) is 2.81. The van der Waals surface area contributed by atoms with Crippen molar-refractivity contribution in [1.82, 2.24) is 10.2 Å². The van der Waals surface area contributed by atoms with E-state index in [0.29, 0.717) is 18.5 Å². The van der Waals surface area contributed by atoms with Crippen molar-refractivity contribution in [1.29, 1.82) is 0 Å². The summed E-state index contributed by atoms with van der Waals surface area (Å²) in [7, 11) is 0. The Hall–Kier alpha value is -1.07. The fourth-order valence-electron chi connectivity index (χ4n) is 2.63. The molecule has 3 amide bonds. The second-order valence-corrected chi connectivity index (χ2v) is 5.10. The topological polar surface area (TPSA) is 66.5 Å². The van der Waals surface area contributed by atoms with Gasteiger partial charge in [-0.05, 0) is 13.3 Å². The van der Waals surface area contributed by atoms with E-state index in [2.05, 4.69) is 11.4 Å². The van der Waals surface area contributed by atoms with Crippen LogP contribution in [-0.4, -0.2) is 28.2 Å². The first-order valence-electron chi connectivity index (χ1n) is 6.18. The Bertz CT molecular complexity index is 602. The molecule has 1 N–H and O–H groups in total. The maximum Gasteiger partial charge on any atom is 0.252 e. The zero-order valence-corrected chi connectivity index (χ0v) is 14.9. The molecule has 109 valence electrons. The minimum absolute atomic E-state index is 0. The van der Waals surface area contributed by atoms with E-state index >= 15 is 0 Å². The van der Waals surface area contributed by atoms with Gasteiger partial charge in [0.15, 0.2) is 5.91 Å². The fraction of sp³-hybridized carbons (Fsp3) is 0.333. The van der Waals surface area contributed by atoms with Gasteiger partial charge in [-0.2, -0.15) is 24.3 Å². The third-order valence-corrected chi connectivity index (χ3v) is 3.91. The first-order valence-corrected chi connectivity index (χ1v) is 6.18. The predicted octanol–water partition coefficient (Wildman–Crippen LogP) is 1.09. The molecule has 0 bridgehead atoms. The van der Waals surface area contributed by atoms with Gasteiger partial charge in [0, 0.05) is 45.7 Å². The van der Waals surface area contributed by atoms with Crippen LogP contribution in [0.5, 0.6) is 0 Å². The van der Waals surface area contributed by atoms with Gasteiger partial charge in [0.25, 0.3) is 5.91 Å². The van der Waals surface area contributed by atoms with E-state index in [9.17, 15) is 14.4 Å². The van der Waals surface area contributed by atoms with Gasteiger partial charge in [0.05, 0.1) is 0 Å². The largest absolute Gasteiger partial charge is 0.358 e. The number of hydrogen-bond donors (Lipinski definition) is 1. The molecule has 1 saturated heterocycles. The van der Waals surface area contributed by atoms with Crippen LogP contribution in [0.2, 0.25) is 0 Å². The van der Waals surface area contributed by atoms with E-state index < -0.39 is 11.4 Å². The van der Waals surface area contributed by atoms with Crippen molar-refractivity contribution in [2.75, 3.05) is 0 Å². The SMILES string of the molecule is CC1(N2Cc3[c-]cccc3C2=O)CCC(=O)NC1=O.[CH3-].[Y]. The van der Waals surface area contributed by atoms with Crippen LogP contribution in [-0.2, 0) is 48.8 Å². The summed E-state index contributed by atoms with van der Waals surface area (Å²) in [4.78, 5) is 37.2. The van der Waals surface area contributed by atoms with Crippen molar-refractivity contribution < 1.29 is 47.1 Å². The summed E-state index contributed by atoms with van der Waals surface area (Å²) in [6.07, 6.45) is 0.615. The van der Waals surface area contributed by atoms with E-state index in [0.717, 1.165) is 5.56 Å². The van der Waals surface area contributed by atoms with Crippen LogP contribution in [0, 0.1) is 13.5 Å². The molecular formula is C15H16N2O3Y-2. The van der Waals surface area contributed by atoms with Crippen LogP contribution in [0.25, 0.3) is 0 Å². The standard InChI is InChI=1S/C14H13N2O3.CH3.Y/c1-14(7-6-11(17)15-13(14)19)16-8-9-4-2-3-5-10(9)12(16)18;;/h2-3,5H,6-8H2,1H3,(H,15,17,19);1H3;/q2*-1;. The molecule has 6 heteroatoms. The van der Waals surface area contributed by atoms with Gasteiger partial charge in [0.1, 0.15) is 5.54 Å². The van der Waals surface area contributed by atoms with Crippen molar-refractivity contribution in [3.05, 3.63) is 42.8 Å². The van der Waals surface area contributed by atoms with Gasteiger partial charge in [-0.25, -0.2) is 0 Å². The number of rotatable bonds is 1. The number of benzene rings is 1. The molecule has 1 fully saturated rings. The number of carbonyl (C=O) groups excluding carboxylic acids is 3. The van der Waals surface area contributed by atoms with Crippen LogP contribution >= 0.6 is 0 Å². The molecular weight excluding hydrogens is 345 g/mol. The summed E-state index contributed by atoms with van der Waals surface area (Å²) in [5.41, 5.74) is 0.435. The number of amides is 3. The molecule has 1 aromatic rings. The van der Waals surface area contributed by atoms with Gasteiger partial charge in [0.2, 0.25) is 5.91 Å². The molecule has 5 nitrogen and oxygen atoms in total. The summed E-state index contributed by atoms with van der Waals surface area (Å²) in [6.45, 7) is 2.08. The Morgan fingerprint density at radius 1 is 1.33 bits per heavy atom. The van der Waals surface area contributed by atoms with Crippen molar-refractivity contribution in [3.8, 4) is 0 Å². The normalized spacial score (nSPS) is 23.9. The monoisotopic (exact) mass is 361 g/mol. The van der Waals surface area contributed by atoms with Gasteiger partial charge >= 0.3 is 0 Å². The van der Waals surface area contributed by atoms with Crippen LogP contribution in [0.3, 0.4) is 0 Å². The first kappa shape index (κ1) is 18.0. The van der Waals surface area contributed by atoms with Crippen molar-refractivity contribution in [2.45, 2.75) is 31.8 Å². The zero-order chi connectivity index (χ0) is 13.6. The van der Waals surface area contributed by atoms with Crippen LogP contribution in [0.1, 0.15) is 35.7 Å². The Kier molecular flexibility index (Phi) is 5.45. The fourth-order valence-corrected chi connectivity index (χ4v) is 2.63. The molecule has 2 heterocycles. The van der Waals surface area contributed by atoms with E-state index in [4.69, 9.17) is 0 Å². The molecule has 1 radical (unpaired) electrons. The van der Waals surface area contributed by atoms with Crippen LogP contribution in [0.4, 0.5) is 0 Å². The number of fused-ring (bicyclic) bond motifs is 1. The summed E-state index contributed by atoms with van der Waals surface area (Å²) in [6, 6.07) is 8.28. The van der Waals surface area contributed by atoms with E-state index in [-0.39, 0.29) is 58.4 Å². The number of nitrogens with one attached hydrogen (secondary N) is 1. The minimum atomic E-state index is -0.960. The quantitative estimate of drug-likeness (QED) is 0.602. The third-order valence-electron chi connectivity index (χ3n) is 3.91. The number of carbonyl (C=O) groups is 3. The van der Waals surface area contributed by atoms with Gasteiger partial charge in [-0.15, -0.1) is 5.56 Å². The summed E-state index contributed by atoms with van der Waals surface area (Å²) >= 11 is 0. The first-order chi connectivity index (χ1) is 9.02. The molecule has 1 aromatic carbocycles. The van der Waals surface area contributed by atoms with E-state index in [1.54, 1.807) is 25.1 Å². The molecule has 2 aliphatic heterocycles. The molecule has 3 rings (SSSR count). The molecule has 2 aliphatic rings. The Balaban J connectivity index is 0.00000110. The number of hydrogen-bond acceptors (Lipinski definition) is 3. The molecule has 1 unspecified atom stereocenters. The Morgan fingerprint density at radius 3 is 2.67 bits per heavy atom. The van der Waals surface area contributed by atoms with Gasteiger partial charge in [-0.1, -0.05) is 5.56 Å². The average molecular weight is 361 g/mol. The van der Waals surface area contributed by atoms with E-state index in [1.807, 2.05) is 0 Å². The van der Waals surface area contributed by atoms with Crippen molar-refractivity contribution in [3.63, 3.8) is 0 Å². The second kappa shape index (κ2) is 6.36. The Morgan fingerprint density at radius 2 is 2.05 bits per heavy atom. The molecule has 21 heavy (non-hydrogen) atoms. The predicted molar refractivity (Wildman–Crippen MR) is 72.4 cm³/mol. The number of imide groups is 1. The average Bonchev–Trinajstić information content (AvgIpc) is 2.73. The maximum atomic E-state index is 12.4. The molecule has 0 spiro atoms. The number of piperidine rings is 1.